The van der Waals surface area contributed by atoms with Gasteiger partial charge in [-0.1, -0.05) is 36.7 Å². The average Bonchev–Trinajstić information content (AvgIpc) is 2.60. The zero-order valence-corrected chi connectivity index (χ0v) is 14.6. The summed E-state index contributed by atoms with van der Waals surface area (Å²) < 4.78 is 11.4. The van der Waals surface area contributed by atoms with Gasteiger partial charge in [0.25, 0.3) is 0 Å². The number of ether oxygens (including phenoxy) is 2. The van der Waals surface area contributed by atoms with Gasteiger partial charge >= 0.3 is 0 Å². The van der Waals surface area contributed by atoms with Gasteiger partial charge in [0.2, 0.25) is 0 Å². The van der Waals surface area contributed by atoms with Crippen molar-refractivity contribution in [1.82, 2.24) is 0 Å². The Hall–Kier alpha value is -2.44. The molecule has 0 aliphatic heterocycles. The lowest BCUT2D eigenvalue weighted by Crippen LogP contribution is -2.00. The van der Waals surface area contributed by atoms with Gasteiger partial charge in [0.05, 0.1) is 24.9 Å². The second-order valence-corrected chi connectivity index (χ2v) is 5.60. The topological polar surface area (TPSA) is 42.2 Å². The van der Waals surface area contributed by atoms with E-state index in [4.69, 9.17) is 21.1 Å². The molecular formula is C20H20ClNO2. The van der Waals surface area contributed by atoms with Crippen molar-refractivity contribution in [2.45, 2.75) is 20.3 Å². The number of hydrogen-bond donors (Lipinski definition) is 0. The maximum atomic E-state index is 9.45. The van der Waals surface area contributed by atoms with Gasteiger partial charge in [-0.3, -0.25) is 0 Å². The number of halogens is 1. The largest absolute Gasteiger partial charge is 0.490 e. The minimum Gasteiger partial charge on any atom is -0.490 e. The van der Waals surface area contributed by atoms with Gasteiger partial charge < -0.3 is 9.47 Å². The van der Waals surface area contributed by atoms with Gasteiger partial charge in [0, 0.05) is 5.02 Å². The van der Waals surface area contributed by atoms with Crippen LogP contribution in [0.25, 0.3) is 11.6 Å². The zero-order valence-electron chi connectivity index (χ0n) is 13.9. The van der Waals surface area contributed by atoms with Gasteiger partial charge in [-0.25, -0.2) is 0 Å². The molecule has 0 aromatic heterocycles. The maximum absolute atomic E-state index is 9.45. The van der Waals surface area contributed by atoms with E-state index in [1.165, 1.54) is 0 Å². The fourth-order valence-corrected chi connectivity index (χ4v) is 2.32. The van der Waals surface area contributed by atoms with Crippen LogP contribution in [0.2, 0.25) is 5.02 Å². The molecule has 0 saturated carbocycles. The van der Waals surface area contributed by atoms with E-state index >= 15 is 0 Å². The van der Waals surface area contributed by atoms with E-state index in [2.05, 4.69) is 13.0 Å². The molecule has 4 heteroatoms. The summed E-state index contributed by atoms with van der Waals surface area (Å²) in [5.74, 6) is 1.41. The zero-order chi connectivity index (χ0) is 17.4. The Bertz CT molecular complexity index is 745. The first-order valence-corrected chi connectivity index (χ1v) is 8.33. The third-order valence-corrected chi connectivity index (χ3v) is 3.57. The van der Waals surface area contributed by atoms with Gasteiger partial charge in [0.15, 0.2) is 11.5 Å². The van der Waals surface area contributed by atoms with E-state index in [-0.39, 0.29) is 0 Å². The van der Waals surface area contributed by atoms with Crippen molar-refractivity contribution in [3.05, 3.63) is 58.6 Å². The summed E-state index contributed by atoms with van der Waals surface area (Å²) in [6.45, 7) is 5.19. The first-order chi connectivity index (χ1) is 11.7. The molecule has 3 nitrogen and oxygen atoms in total. The summed E-state index contributed by atoms with van der Waals surface area (Å²) in [7, 11) is 0. The van der Waals surface area contributed by atoms with Crippen LogP contribution in [-0.2, 0) is 0 Å². The van der Waals surface area contributed by atoms with Crippen LogP contribution in [0.4, 0.5) is 0 Å². The molecule has 0 heterocycles. The van der Waals surface area contributed by atoms with E-state index in [0.29, 0.717) is 29.6 Å². The molecule has 0 aliphatic rings. The Morgan fingerprint density at radius 2 is 1.83 bits per heavy atom. The van der Waals surface area contributed by atoms with E-state index in [9.17, 15) is 5.26 Å². The number of nitriles is 1. The Labute approximate surface area is 148 Å². The molecule has 124 valence electrons. The first-order valence-electron chi connectivity index (χ1n) is 7.95. The van der Waals surface area contributed by atoms with E-state index in [1.807, 2.05) is 43.3 Å². The lowest BCUT2D eigenvalue weighted by molar-refractivity contribution is 0.277. The van der Waals surface area contributed by atoms with E-state index in [0.717, 1.165) is 23.3 Å². The molecule has 0 atom stereocenters. The number of nitrogens with zero attached hydrogens (tertiary/aromatic N) is 1. The summed E-state index contributed by atoms with van der Waals surface area (Å²) in [4.78, 5) is 0. The molecule has 0 spiro atoms. The molecule has 2 rings (SSSR count). The second kappa shape index (κ2) is 9.00. The van der Waals surface area contributed by atoms with Crippen LogP contribution in [0.3, 0.4) is 0 Å². The Kier molecular flexibility index (Phi) is 6.72. The van der Waals surface area contributed by atoms with E-state index < -0.39 is 0 Å². The summed E-state index contributed by atoms with van der Waals surface area (Å²) in [6, 6.07) is 15.1. The van der Waals surface area contributed by atoms with Crippen LogP contribution in [-0.4, -0.2) is 13.2 Å². The van der Waals surface area contributed by atoms with E-state index in [1.54, 1.807) is 12.1 Å². The number of rotatable bonds is 7. The molecule has 0 unspecified atom stereocenters. The summed E-state index contributed by atoms with van der Waals surface area (Å²) >= 11 is 5.90. The minimum absolute atomic E-state index is 0.554. The van der Waals surface area contributed by atoms with Crippen LogP contribution < -0.4 is 9.47 Å². The fourth-order valence-electron chi connectivity index (χ4n) is 2.19. The van der Waals surface area contributed by atoms with Crippen molar-refractivity contribution in [2.24, 2.45) is 0 Å². The van der Waals surface area contributed by atoms with Crippen LogP contribution >= 0.6 is 11.6 Å². The highest BCUT2D eigenvalue weighted by molar-refractivity contribution is 6.30. The van der Waals surface area contributed by atoms with Crippen molar-refractivity contribution >= 4 is 23.3 Å². The molecule has 24 heavy (non-hydrogen) atoms. The number of allylic oxidation sites excluding steroid dienone is 1. The molecule has 2 aromatic carbocycles. The van der Waals surface area contributed by atoms with Crippen molar-refractivity contribution < 1.29 is 9.47 Å². The molecule has 0 N–H and O–H groups in total. The van der Waals surface area contributed by atoms with Crippen molar-refractivity contribution in [3.63, 3.8) is 0 Å². The predicted molar refractivity (Wildman–Crippen MR) is 98.3 cm³/mol. The van der Waals surface area contributed by atoms with Gasteiger partial charge in [-0.15, -0.1) is 0 Å². The van der Waals surface area contributed by atoms with Gasteiger partial charge in [-0.2, -0.15) is 5.26 Å². The lowest BCUT2D eigenvalue weighted by atomic mass is 10.0. The average molecular weight is 342 g/mol. The highest BCUT2D eigenvalue weighted by Crippen LogP contribution is 2.30. The lowest BCUT2D eigenvalue weighted by Gasteiger charge is -2.12. The minimum atomic E-state index is 0.554. The third kappa shape index (κ3) is 4.78. The smallest absolute Gasteiger partial charge is 0.161 e. The monoisotopic (exact) mass is 341 g/mol. The van der Waals surface area contributed by atoms with Crippen LogP contribution in [0.5, 0.6) is 11.5 Å². The second-order valence-electron chi connectivity index (χ2n) is 5.16. The van der Waals surface area contributed by atoms with Crippen LogP contribution in [0, 0.1) is 11.3 Å². The fraction of sp³-hybridized carbons (Fsp3) is 0.250. The first kappa shape index (κ1) is 17.9. The van der Waals surface area contributed by atoms with Gasteiger partial charge in [-0.05, 0) is 54.8 Å². The maximum Gasteiger partial charge on any atom is 0.161 e. The molecule has 0 radical (unpaired) electrons. The summed E-state index contributed by atoms with van der Waals surface area (Å²) in [5.41, 5.74) is 2.27. The molecular weight excluding hydrogens is 322 g/mol. The summed E-state index contributed by atoms with van der Waals surface area (Å²) in [5, 5.41) is 10.1. The molecule has 2 aromatic rings. The SMILES string of the molecule is CCCOc1ccc(/C=C(\C#N)c2ccc(Cl)cc2)cc1OCC. The number of hydrogen-bond acceptors (Lipinski definition) is 3. The standard InChI is InChI=1S/C20H20ClNO2/c1-3-11-24-19-10-5-15(13-20(19)23-4-2)12-17(14-22)16-6-8-18(21)9-7-16/h5-10,12-13H,3-4,11H2,1-2H3/b17-12+. The molecule has 0 bridgehead atoms. The van der Waals surface area contributed by atoms with Crippen molar-refractivity contribution in [1.29, 1.82) is 5.26 Å². The molecule has 0 aliphatic carbocycles. The predicted octanol–water partition coefficient (Wildman–Crippen LogP) is 5.59. The summed E-state index contributed by atoms with van der Waals surface area (Å²) in [6.07, 6.45) is 2.76. The van der Waals surface area contributed by atoms with Crippen molar-refractivity contribution in [2.75, 3.05) is 13.2 Å². The Morgan fingerprint density at radius 1 is 1.08 bits per heavy atom. The molecule has 0 fully saturated rings. The van der Waals surface area contributed by atoms with Gasteiger partial charge in [0.1, 0.15) is 0 Å². The Balaban J connectivity index is 2.34. The molecule has 0 saturated heterocycles. The van der Waals surface area contributed by atoms with Crippen molar-refractivity contribution in [3.8, 4) is 17.6 Å². The van der Waals surface area contributed by atoms with Crippen LogP contribution in [0.1, 0.15) is 31.4 Å². The Morgan fingerprint density at radius 3 is 2.46 bits per heavy atom. The highest BCUT2D eigenvalue weighted by atomic mass is 35.5. The van der Waals surface area contributed by atoms with Crippen LogP contribution in [0.15, 0.2) is 42.5 Å². The normalized spacial score (nSPS) is 11.0. The number of benzene rings is 2. The highest BCUT2D eigenvalue weighted by Gasteiger charge is 2.07. The third-order valence-electron chi connectivity index (χ3n) is 3.32. The molecule has 0 amide bonds. The quantitative estimate of drug-likeness (QED) is 0.487.